The summed E-state index contributed by atoms with van der Waals surface area (Å²) >= 11 is 0. The van der Waals surface area contributed by atoms with Gasteiger partial charge in [-0.25, -0.2) is 4.98 Å². The SMILES string of the molecule is COc1ccc(C(=O)Nc2cnc3c(c2)c(C)nn3C)c(O)c1. The maximum absolute atomic E-state index is 12.3. The Kier molecular flexibility index (Phi) is 3.61. The molecule has 0 radical (unpaired) electrons. The van der Waals surface area contributed by atoms with Gasteiger partial charge in [-0.15, -0.1) is 0 Å². The summed E-state index contributed by atoms with van der Waals surface area (Å²) in [5, 5.41) is 17.8. The summed E-state index contributed by atoms with van der Waals surface area (Å²) in [7, 11) is 3.31. The van der Waals surface area contributed by atoms with Gasteiger partial charge in [-0.05, 0) is 25.1 Å². The zero-order valence-corrected chi connectivity index (χ0v) is 13.0. The van der Waals surface area contributed by atoms with Crippen molar-refractivity contribution in [1.29, 1.82) is 0 Å². The third-order valence-electron chi connectivity index (χ3n) is 3.57. The number of rotatable bonds is 3. The molecule has 7 heteroatoms. The number of aryl methyl sites for hydroxylation is 2. The van der Waals surface area contributed by atoms with E-state index in [9.17, 15) is 9.90 Å². The Bertz CT molecular complexity index is 902. The fourth-order valence-corrected chi connectivity index (χ4v) is 2.41. The van der Waals surface area contributed by atoms with Gasteiger partial charge in [-0.1, -0.05) is 0 Å². The van der Waals surface area contributed by atoms with Crippen LogP contribution in [-0.4, -0.2) is 32.9 Å². The largest absolute Gasteiger partial charge is 0.507 e. The van der Waals surface area contributed by atoms with Gasteiger partial charge in [0.15, 0.2) is 5.65 Å². The van der Waals surface area contributed by atoms with E-state index in [1.54, 1.807) is 16.9 Å². The number of aromatic nitrogens is 3. The number of phenols is 1. The third-order valence-corrected chi connectivity index (χ3v) is 3.57. The molecule has 0 fully saturated rings. The summed E-state index contributed by atoms with van der Waals surface area (Å²) in [5.41, 5.74) is 2.27. The molecule has 0 aliphatic rings. The third kappa shape index (κ3) is 2.68. The number of nitrogens with zero attached hydrogens (tertiary/aromatic N) is 3. The molecule has 0 spiro atoms. The molecule has 23 heavy (non-hydrogen) atoms. The minimum absolute atomic E-state index is 0.145. The average Bonchev–Trinajstić information content (AvgIpc) is 2.81. The van der Waals surface area contributed by atoms with Crippen LogP contribution in [-0.2, 0) is 7.05 Å². The Balaban J connectivity index is 1.89. The zero-order chi connectivity index (χ0) is 16.6. The number of phenolic OH excluding ortho intramolecular Hbond substituents is 1. The van der Waals surface area contributed by atoms with Crippen LogP contribution in [0.5, 0.6) is 11.5 Å². The van der Waals surface area contributed by atoms with E-state index in [4.69, 9.17) is 4.74 Å². The number of hydrogen-bond acceptors (Lipinski definition) is 5. The molecule has 2 heterocycles. The van der Waals surface area contributed by atoms with Gasteiger partial charge in [0, 0.05) is 18.5 Å². The van der Waals surface area contributed by atoms with Crippen molar-refractivity contribution in [3.63, 3.8) is 0 Å². The van der Waals surface area contributed by atoms with Crippen molar-refractivity contribution in [3.8, 4) is 11.5 Å². The minimum Gasteiger partial charge on any atom is -0.507 e. The number of fused-ring (bicyclic) bond motifs is 1. The number of carbonyl (C=O) groups excluding carboxylic acids is 1. The van der Waals surface area contributed by atoms with Crippen LogP contribution in [0.4, 0.5) is 5.69 Å². The van der Waals surface area contributed by atoms with Gasteiger partial charge in [0.2, 0.25) is 0 Å². The van der Waals surface area contributed by atoms with E-state index in [0.29, 0.717) is 11.4 Å². The molecule has 3 rings (SSSR count). The van der Waals surface area contributed by atoms with E-state index in [0.717, 1.165) is 16.7 Å². The van der Waals surface area contributed by atoms with Gasteiger partial charge in [-0.3, -0.25) is 9.48 Å². The zero-order valence-electron chi connectivity index (χ0n) is 13.0. The highest BCUT2D eigenvalue weighted by Crippen LogP contribution is 2.25. The number of carbonyl (C=O) groups is 1. The van der Waals surface area contributed by atoms with Gasteiger partial charge < -0.3 is 15.2 Å². The van der Waals surface area contributed by atoms with Crippen LogP contribution >= 0.6 is 0 Å². The molecule has 7 nitrogen and oxygen atoms in total. The lowest BCUT2D eigenvalue weighted by Gasteiger charge is -2.08. The molecule has 1 amide bonds. The molecule has 2 N–H and O–H groups in total. The summed E-state index contributed by atoms with van der Waals surface area (Å²) in [5.74, 6) is -0.0885. The number of benzene rings is 1. The molecule has 0 saturated carbocycles. The second kappa shape index (κ2) is 5.60. The highest BCUT2D eigenvalue weighted by Gasteiger charge is 2.14. The van der Waals surface area contributed by atoms with Crippen LogP contribution < -0.4 is 10.1 Å². The van der Waals surface area contributed by atoms with E-state index >= 15 is 0 Å². The number of hydrogen-bond donors (Lipinski definition) is 2. The van der Waals surface area contributed by atoms with Crippen molar-refractivity contribution in [1.82, 2.24) is 14.8 Å². The summed E-state index contributed by atoms with van der Waals surface area (Å²) < 4.78 is 6.69. The first-order valence-electron chi connectivity index (χ1n) is 6.97. The summed E-state index contributed by atoms with van der Waals surface area (Å²) in [4.78, 5) is 16.6. The molecule has 2 aromatic heterocycles. The van der Waals surface area contributed by atoms with E-state index in [2.05, 4.69) is 15.4 Å². The summed E-state index contributed by atoms with van der Waals surface area (Å²) in [6.07, 6.45) is 1.56. The number of amides is 1. The monoisotopic (exact) mass is 312 g/mol. The van der Waals surface area contributed by atoms with Gasteiger partial charge in [0.1, 0.15) is 11.5 Å². The van der Waals surface area contributed by atoms with Crippen LogP contribution in [0.1, 0.15) is 16.1 Å². The van der Waals surface area contributed by atoms with Crippen molar-refractivity contribution in [2.45, 2.75) is 6.92 Å². The number of ether oxygens (including phenoxy) is 1. The molecule has 0 atom stereocenters. The number of aromatic hydroxyl groups is 1. The molecular weight excluding hydrogens is 296 g/mol. The first-order valence-corrected chi connectivity index (χ1v) is 6.97. The van der Waals surface area contributed by atoms with Crippen molar-refractivity contribution in [2.75, 3.05) is 12.4 Å². The molecule has 0 bridgehead atoms. The maximum atomic E-state index is 12.3. The fraction of sp³-hybridized carbons (Fsp3) is 0.188. The predicted octanol–water partition coefficient (Wildman–Crippen LogP) is 2.24. The predicted molar refractivity (Wildman–Crippen MR) is 85.9 cm³/mol. The first-order chi connectivity index (χ1) is 11.0. The standard InChI is InChI=1S/C16H16N4O3/c1-9-13-6-10(8-17-15(13)20(2)19-9)18-16(22)12-5-4-11(23-3)7-14(12)21/h4-8,21H,1-3H3,(H,18,22). The number of methoxy groups -OCH3 is 1. The van der Waals surface area contributed by atoms with E-state index < -0.39 is 5.91 Å². The quantitative estimate of drug-likeness (QED) is 0.774. The highest BCUT2D eigenvalue weighted by atomic mass is 16.5. The topological polar surface area (TPSA) is 89.3 Å². The van der Waals surface area contributed by atoms with E-state index in [1.807, 2.05) is 20.0 Å². The highest BCUT2D eigenvalue weighted by molar-refractivity contribution is 6.06. The number of anilines is 1. The Morgan fingerprint density at radius 2 is 2.13 bits per heavy atom. The van der Waals surface area contributed by atoms with Gasteiger partial charge in [0.25, 0.3) is 5.91 Å². The lowest BCUT2D eigenvalue weighted by Crippen LogP contribution is -2.12. The maximum Gasteiger partial charge on any atom is 0.259 e. The van der Waals surface area contributed by atoms with Gasteiger partial charge in [-0.2, -0.15) is 5.10 Å². The number of pyridine rings is 1. The molecule has 0 aliphatic carbocycles. The van der Waals surface area contributed by atoms with E-state index in [1.165, 1.54) is 19.2 Å². The number of nitrogens with one attached hydrogen (secondary N) is 1. The van der Waals surface area contributed by atoms with Crippen molar-refractivity contribution in [2.24, 2.45) is 7.05 Å². The molecule has 118 valence electrons. The van der Waals surface area contributed by atoms with Crippen molar-refractivity contribution >= 4 is 22.6 Å². The van der Waals surface area contributed by atoms with Crippen LogP contribution in [0.15, 0.2) is 30.5 Å². The normalized spacial score (nSPS) is 10.7. The second-order valence-electron chi connectivity index (χ2n) is 5.14. The van der Waals surface area contributed by atoms with E-state index in [-0.39, 0.29) is 11.3 Å². The minimum atomic E-state index is -0.423. The Labute approximate surface area is 132 Å². The van der Waals surface area contributed by atoms with Crippen LogP contribution in [0.25, 0.3) is 11.0 Å². The van der Waals surface area contributed by atoms with Crippen LogP contribution in [0.2, 0.25) is 0 Å². The summed E-state index contributed by atoms with van der Waals surface area (Å²) in [6, 6.07) is 6.32. The Hall–Kier alpha value is -3.09. The Morgan fingerprint density at radius 3 is 2.83 bits per heavy atom. The molecule has 0 aliphatic heterocycles. The van der Waals surface area contributed by atoms with Crippen molar-refractivity contribution < 1.29 is 14.6 Å². The molecular formula is C16H16N4O3. The lowest BCUT2D eigenvalue weighted by molar-refractivity contribution is 0.102. The molecule has 3 aromatic rings. The molecule has 1 aromatic carbocycles. The van der Waals surface area contributed by atoms with Crippen LogP contribution in [0.3, 0.4) is 0 Å². The average molecular weight is 312 g/mol. The second-order valence-corrected chi connectivity index (χ2v) is 5.14. The fourth-order valence-electron chi connectivity index (χ4n) is 2.41. The lowest BCUT2D eigenvalue weighted by atomic mass is 10.1. The first kappa shape index (κ1) is 14.8. The van der Waals surface area contributed by atoms with Gasteiger partial charge >= 0.3 is 0 Å². The molecule has 0 unspecified atom stereocenters. The van der Waals surface area contributed by atoms with Gasteiger partial charge in [0.05, 0.1) is 30.3 Å². The smallest absolute Gasteiger partial charge is 0.259 e. The van der Waals surface area contributed by atoms with Crippen molar-refractivity contribution in [3.05, 3.63) is 41.7 Å². The summed E-state index contributed by atoms with van der Waals surface area (Å²) in [6.45, 7) is 1.88. The van der Waals surface area contributed by atoms with Crippen LogP contribution in [0, 0.1) is 6.92 Å². The Morgan fingerprint density at radius 1 is 1.35 bits per heavy atom. The molecule has 0 saturated heterocycles.